The van der Waals surface area contributed by atoms with Gasteiger partial charge in [-0.1, -0.05) is 18.2 Å². The summed E-state index contributed by atoms with van der Waals surface area (Å²) in [5.41, 5.74) is 0.618. The van der Waals surface area contributed by atoms with Crippen LogP contribution in [0.2, 0.25) is 0 Å². The molecule has 3 aromatic carbocycles. The van der Waals surface area contributed by atoms with Crippen LogP contribution in [0.15, 0.2) is 71.6 Å². The molecule has 10 heteroatoms. The lowest BCUT2D eigenvalue weighted by atomic mass is 10.1. The molecule has 0 radical (unpaired) electrons. The molecule has 0 bridgehead atoms. The van der Waals surface area contributed by atoms with Crippen molar-refractivity contribution in [1.82, 2.24) is 10.6 Å². The highest BCUT2D eigenvalue weighted by Crippen LogP contribution is 2.19. The Kier molecular flexibility index (Phi) is 7.39. The van der Waals surface area contributed by atoms with Crippen molar-refractivity contribution in [2.45, 2.75) is 11.8 Å². The molecule has 172 valence electrons. The van der Waals surface area contributed by atoms with Gasteiger partial charge >= 0.3 is 0 Å². The van der Waals surface area contributed by atoms with E-state index in [4.69, 9.17) is 0 Å². The molecule has 0 unspecified atom stereocenters. The van der Waals surface area contributed by atoms with Crippen LogP contribution < -0.4 is 15.4 Å². The number of rotatable bonds is 8. The number of hydrogen-bond acceptors (Lipinski definition) is 4. The normalized spacial score (nSPS) is 11.0. The van der Waals surface area contributed by atoms with E-state index in [9.17, 15) is 26.8 Å². The van der Waals surface area contributed by atoms with Crippen LogP contribution in [-0.4, -0.2) is 33.3 Å². The summed E-state index contributed by atoms with van der Waals surface area (Å²) in [5.74, 6) is -2.14. The van der Waals surface area contributed by atoms with Crippen LogP contribution in [0.4, 0.5) is 14.5 Å². The number of benzene rings is 3. The first-order valence-electron chi connectivity index (χ1n) is 9.87. The maximum absolute atomic E-state index is 13.7. The summed E-state index contributed by atoms with van der Waals surface area (Å²) in [5, 5.41) is 5.16. The third kappa shape index (κ3) is 6.13. The fourth-order valence-electron chi connectivity index (χ4n) is 2.82. The predicted molar refractivity (Wildman–Crippen MR) is 119 cm³/mol. The average Bonchev–Trinajstić information content (AvgIpc) is 2.79. The first-order valence-corrected chi connectivity index (χ1v) is 11.4. The number of nitrogens with one attached hydrogen (secondary N) is 3. The van der Waals surface area contributed by atoms with Crippen LogP contribution in [0.5, 0.6) is 0 Å². The molecule has 0 aromatic heterocycles. The topological polar surface area (TPSA) is 104 Å². The van der Waals surface area contributed by atoms with Crippen molar-refractivity contribution in [3.8, 4) is 0 Å². The Hall–Kier alpha value is -3.79. The molecule has 0 fully saturated rings. The molecule has 0 atom stereocenters. The molecule has 0 saturated carbocycles. The molecule has 0 aliphatic carbocycles. The number of hydrogen-bond donors (Lipinski definition) is 3. The summed E-state index contributed by atoms with van der Waals surface area (Å²) in [6.45, 7) is 1.81. The number of sulfonamides is 1. The second-order valence-corrected chi connectivity index (χ2v) is 8.77. The van der Waals surface area contributed by atoms with Crippen molar-refractivity contribution in [1.29, 1.82) is 0 Å². The molecule has 0 spiro atoms. The van der Waals surface area contributed by atoms with Crippen molar-refractivity contribution in [2.24, 2.45) is 0 Å². The van der Waals surface area contributed by atoms with Crippen LogP contribution >= 0.6 is 0 Å². The van der Waals surface area contributed by atoms with E-state index in [2.05, 4.69) is 15.4 Å². The van der Waals surface area contributed by atoms with Gasteiger partial charge in [0, 0.05) is 24.2 Å². The van der Waals surface area contributed by atoms with Gasteiger partial charge in [0.2, 0.25) is 0 Å². The summed E-state index contributed by atoms with van der Waals surface area (Å²) < 4.78 is 54.3. The third-order valence-electron chi connectivity index (χ3n) is 4.68. The Morgan fingerprint density at radius 3 is 1.97 bits per heavy atom. The monoisotopic (exact) mass is 473 g/mol. The molecule has 0 heterocycles. The maximum Gasteiger partial charge on any atom is 0.261 e. The molecule has 0 aliphatic heterocycles. The van der Waals surface area contributed by atoms with E-state index in [0.717, 1.165) is 12.1 Å². The zero-order valence-electron chi connectivity index (χ0n) is 17.6. The lowest BCUT2D eigenvalue weighted by Gasteiger charge is -2.10. The quantitative estimate of drug-likeness (QED) is 0.437. The molecule has 0 saturated heterocycles. The highest BCUT2D eigenvalue weighted by atomic mass is 32.2. The van der Waals surface area contributed by atoms with Crippen molar-refractivity contribution in [2.75, 3.05) is 17.8 Å². The largest absolute Gasteiger partial charge is 0.350 e. The van der Waals surface area contributed by atoms with E-state index in [0.29, 0.717) is 5.56 Å². The summed E-state index contributed by atoms with van der Waals surface area (Å²) in [6, 6.07) is 14.6. The lowest BCUT2D eigenvalue weighted by molar-refractivity contribution is 0.0927. The summed E-state index contributed by atoms with van der Waals surface area (Å²) >= 11 is 0. The fourth-order valence-corrected chi connectivity index (χ4v) is 3.89. The van der Waals surface area contributed by atoms with Crippen molar-refractivity contribution in [3.63, 3.8) is 0 Å². The molecule has 33 heavy (non-hydrogen) atoms. The van der Waals surface area contributed by atoms with Gasteiger partial charge in [-0.2, -0.15) is 0 Å². The zero-order valence-corrected chi connectivity index (χ0v) is 18.4. The zero-order chi connectivity index (χ0) is 24.0. The highest BCUT2D eigenvalue weighted by Gasteiger charge is 2.17. The van der Waals surface area contributed by atoms with Crippen LogP contribution in [0.25, 0.3) is 0 Å². The van der Waals surface area contributed by atoms with Gasteiger partial charge in [-0.15, -0.1) is 0 Å². The molecule has 3 rings (SSSR count). The van der Waals surface area contributed by atoms with Crippen molar-refractivity contribution in [3.05, 3.63) is 95.1 Å². The second kappa shape index (κ2) is 10.2. The molecule has 2 amide bonds. The molecule has 0 aliphatic rings. The minimum atomic E-state index is -4.04. The van der Waals surface area contributed by atoms with Gasteiger partial charge in [0.25, 0.3) is 21.8 Å². The van der Waals surface area contributed by atoms with E-state index in [1.54, 1.807) is 6.92 Å². The first kappa shape index (κ1) is 23.9. The number of carbonyl (C=O) groups is 2. The van der Waals surface area contributed by atoms with E-state index in [1.165, 1.54) is 54.6 Å². The summed E-state index contributed by atoms with van der Waals surface area (Å²) in [7, 11) is -4.04. The smallest absolute Gasteiger partial charge is 0.261 e. The van der Waals surface area contributed by atoms with Gasteiger partial charge in [-0.25, -0.2) is 17.2 Å². The van der Waals surface area contributed by atoms with Crippen LogP contribution in [0.3, 0.4) is 0 Å². The SMILES string of the molecule is Cc1ccc(C(=O)NCCNC(=O)c2ccc(S(=O)(=O)Nc3ccccc3F)cc2)cc1F. The minimum Gasteiger partial charge on any atom is -0.350 e. The summed E-state index contributed by atoms with van der Waals surface area (Å²) in [4.78, 5) is 24.1. The number of amides is 2. The Balaban J connectivity index is 1.52. The number of halogens is 2. The van der Waals surface area contributed by atoms with Crippen LogP contribution in [0.1, 0.15) is 26.3 Å². The standard InChI is InChI=1S/C23H21F2N3O4S/c1-15-6-7-17(14-20(15)25)23(30)27-13-12-26-22(29)16-8-10-18(11-9-16)33(31,32)28-21-5-3-2-4-19(21)24/h2-11,14,28H,12-13H2,1H3,(H,26,29)(H,27,30). The van der Waals surface area contributed by atoms with Crippen molar-refractivity contribution >= 4 is 27.5 Å². The second-order valence-electron chi connectivity index (χ2n) is 7.09. The Morgan fingerprint density at radius 1 is 0.788 bits per heavy atom. The third-order valence-corrected chi connectivity index (χ3v) is 6.06. The number of aryl methyl sites for hydroxylation is 1. The highest BCUT2D eigenvalue weighted by molar-refractivity contribution is 7.92. The fraction of sp³-hybridized carbons (Fsp3) is 0.130. The number of para-hydroxylation sites is 1. The predicted octanol–water partition coefficient (Wildman–Crippen LogP) is 3.23. The van der Waals surface area contributed by atoms with Gasteiger partial charge in [0.05, 0.1) is 10.6 Å². The van der Waals surface area contributed by atoms with E-state index >= 15 is 0 Å². The summed E-state index contributed by atoms with van der Waals surface area (Å²) in [6.07, 6.45) is 0. The van der Waals surface area contributed by atoms with E-state index in [-0.39, 0.29) is 34.8 Å². The number of anilines is 1. The Bertz CT molecular complexity index is 1280. The van der Waals surface area contributed by atoms with Crippen LogP contribution in [0, 0.1) is 18.6 Å². The van der Waals surface area contributed by atoms with Gasteiger partial charge < -0.3 is 10.6 Å². The molecule has 3 aromatic rings. The van der Waals surface area contributed by atoms with E-state index in [1.807, 2.05) is 0 Å². The first-order chi connectivity index (χ1) is 15.7. The maximum atomic E-state index is 13.7. The van der Waals surface area contributed by atoms with Crippen molar-refractivity contribution < 1.29 is 26.8 Å². The molecular formula is C23H21F2N3O4S. The average molecular weight is 474 g/mol. The Labute approximate surface area is 189 Å². The molecule has 7 nitrogen and oxygen atoms in total. The minimum absolute atomic E-state index is 0.105. The van der Waals surface area contributed by atoms with Crippen LogP contribution in [-0.2, 0) is 10.0 Å². The molecular weight excluding hydrogens is 452 g/mol. The van der Waals surface area contributed by atoms with Gasteiger partial charge in [-0.05, 0) is 61.0 Å². The molecule has 3 N–H and O–H groups in total. The lowest BCUT2D eigenvalue weighted by Crippen LogP contribution is -2.34. The number of carbonyl (C=O) groups excluding carboxylic acids is 2. The van der Waals surface area contributed by atoms with Gasteiger partial charge in [0.1, 0.15) is 11.6 Å². The van der Waals surface area contributed by atoms with E-state index < -0.39 is 33.5 Å². The van der Waals surface area contributed by atoms with Gasteiger partial charge in [0.15, 0.2) is 0 Å². The Morgan fingerprint density at radius 2 is 1.36 bits per heavy atom. The van der Waals surface area contributed by atoms with Gasteiger partial charge in [-0.3, -0.25) is 14.3 Å².